The number of hydrogen-bond donors (Lipinski definition) is 2. The lowest BCUT2D eigenvalue weighted by molar-refractivity contribution is 0.203. The molecular formula is C17H23N3O4. The molecule has 0 saturated carbocycles. The van der Waals surface area contributed by atoms with Gasteiger partial charge in [0, 0.05) is 36.7 Å². The number of ether oxygens (including phenoxy) is 2. The van der Waals surface area contributed by atoms with Crippen molar-refractivity contribution in [3.63, 3.8) is 0 Å². The molecule has 2 rings (SSSR count). The molecule has 0 aliphatic carbocycles. The van der Waals surface area contributed by atoms with Crippen LogP contribution in [0.3, 0.4) is 0 Å². The molecule has 1 aromatic heterocycles. The summed E-state index contributed by atoms with van der Waals surface area (Å²) in [5, 5.41) is 3.57. The molecule has 1 aromatic carbocycles. The summed E-state index contributed by atoms with van der Waals surface area (Å²) in [7, 11) is 3.10. The summed E-state index contributed by atoms with van der Waals surface area (Å²) in [5.41, 5.74) is 0.890. The van der Waals surface area contributed by atoms with E-state index < -0.39 is 0 Å². The van der Waals surface area contributed by atoms with Crippen LogP contribution in [-0.2, 0) is 6.54 Å². The molecule has 0 radical (unpaired) electrons. The van der Waals surface area contributed by atoms with E-state index >= 15 is 0 Å². The van der Waals surface area contributed by atoms with Gasteiger partial charge in [0.15, 0.2) is 11.5 Å². The van der Waals surface area contributed by atoms with Gasteiger partial charge in [-0.15, -0.1) is 0 Å². The molecule has 7 nitrogen and oxygen atoms in total. The van der Waals surface area contributed by atoms with Gasteiger partial charge < -0.3 is 24.7 Å². The standard InChI is InChI=1S/C17H23N3O4/c1-5-20(6-2)17(22)18-10-12-7-11-8-14(23-3)15(24-4)9-13(11)19-16(12)21/h7-9H,5-6,10H2,1-4H3,(H,18,22)(H,19,21). The number of carbonyl (C=O) groups is 1. The van der Waals surface area contributed by atoms with Gasteiger partial charge >= 0.3 is 6.03 Å². The van der Waals surface area contributed by atoms with Crippen molar-refractivity contribution in [1.29, 1.82) is 0 Å². The Hall–Kier alpha value is -2.70. The number of hydrogen-bond acceptors (Lipinski definition) is 4. The highest BCUT2D eigenvalue weighted by molar-refractivity contribution is 5.83. The summed E-state index contributed by atoms with van der Waals surface area (Å²) >= 11 is 0. The zero-order valence-corrected chi connectivity index (χ0v) is 14.4. The second-order valence-electron chi connectivity index (χ2n) is 5.25. The molecule has 0 aliphatic rings. The summed E-state index contributed by atoms with van der Waals surface area (Å²) in [6.45, 7) is 5.22. The van der Waals surface area contributed by atoms with Crippen LogP contribution < -0.4 is 20.3 Å². The molecule has 0 aliphatic heterocycles. The van der Waals surface area contributed by atoms with E-state index in [-0.39, 0.29) is 18.1 Å². The predicted molar refractivity (Wildman–Crippen MR) is 92.8 cm³/mol. The van der Waals surface area contributed by atoms with E-state index in [9.17, 15) is 9.59 Å². The molecule has 0 atom stereocenters. The minimum absolute atomic E-state index is 0.162. The van der Waals surface area contributed by atoms with Crippen molar-refractivity contribution in [3.8, 4) is 11.5 Å². The van der Waals surface area contributed by atoms with Gasteiger partial charge in [-0.05, 0) is 26.0 Å². The van der Waals surface area contributed by atoms with Gasteiger partial charge in [0.2, 0.25) is 0 Å². The normalized spacial score (nSPS) is 10.5. The Kier molecular flexibility index (Phi) is 5.68. The monoisotopic (exact) mass is 333 g/mol. The van der Waals surface area contributed by atoms with E-state index in [4.69, 9.17) is 9.47 Å². The average molecular weight is 333 g/mol. The summed E-state index contributed by atoms with van der Waals surface area (Å²) in [6.07, 6.45) is 0. The predicted octanol–water partition coefficient (Wildman–Crippen LogP) is 2.10. The van der Waals surface area contributed by atoms with Gasteiger partial charge in [-0.25, -0.2) is 4.79 Å². The van der Waals surface area contributed by atoms with Crippen molar-refractivity contribution < 1.29 is 14.3 Å². The molecule has 130 valence electrons. The van der Waals surface area contributed by atoms with Gasteiger partial charge in [-0.2, -0.15) is 0 Å². The molecule has 7 heteroatoms. The van der Waals surface area contributed by atoms with Crippen LogP contribution >= 0.6 is 0 Å². The quantitative estimate of drug-likeness (QED) is 0.848. The number of methoxy groups -OCH3 is 2. The zero-order chi connectivity index (χ0) is 17.7. The maximum atomic E-state index is 12.2. The van der Waals surface area contributed by atoms with Crippen LogP contribution in [0.15, 0.2) is 23.0 Å². The number of aromatic amines is 1. The second kappa shape index (κ2) is 7.72. The molecule has 0 fully saturated rings. The highest BCUT2D eigenvalue weighted by Crippen LogP contribution is 2.30. The number of fused-ring (bicyclic) bond motifs is 1. The Bertz CT molecular complexity index is 781. The molecule has 24 heavy (non-hydrogen) atoms. The lowest BCUT2D eigenvalue weighted by Crippen LogP contribution is -2.40. The first kappa shape index (κ1) is 17.7. The van der Waals surface area contributed by atoms with Crippen LogP contribution in [0.5, 0.6) is 11.5 Å². The highest BCUT2D eigenvalue weighted by Gasteiger charge is 2.12. The Morgan fingerprint density at radius 3 is 2.33 bits per heavy atom. The fourth-order valence-corrected chi connectivity index (χ4v) is 2.50. The number of H-pyrrole nitrogens is 1. The molecule has 0 spiro atoms. The highest BCUT2D eigenvalue weighted by atomic mass is 16.5. The van der Waals surface area contributed by atoms with E-state index in [2.05, 4.69) is 10.3 Å². The minimum Gasteiger partial charge on any atom is -0.493 e. The van der Waals surface area contributed by atoms with Crippen molar-refractivity contribution in [1.82, 2.24) is 15.2 Å². The number of rotatable bonds is 6. The van der Waals surface area contributed by atoms with Crippen molar-refractivity contribution in [3.05, 3.63) is 34.1 Å². The van der Waals surface area contributed by atoms with Gasteiger partial charge in [-0.1, -0.05) is 0 Å². The summed E-state index contributed by atoms with van der Waals surface area (Å²) in [4.78, 5) is 28.7. The van der Waals surface area contributed by atoms with E-state index in [1.807, 2.05) is 13.8 Å². The van der Waals surface area contributed by atoms with Gasteiger partial charge in [0.05, 0.1) is 19.7 Å². The molecule has 0 saturated heterocycles. The van der Waals surface area contributed by atoms with E-state index in [1.54, 1.807) is 37.3 Å². The molecule has 2 aromatic rings. The lowest BCUT2D eigenvalue weighted by atomic mass is 10.1. The third-order valence-electron chi connectivity index (χ3n) is 3.91. The maximum absolute atomic E-state index is 12.2. The number of carbonyl (C=O) groups excluding carboxylic acids is 1. The summed E-state index contributed by atoms with van der Waals surface area (Å²) in [6, 6.07) is 5.07. The van der Waals surface area contributed by atoms with Gasteiger partial charge in [-0.3, -0.25) is 4.79 Å². The van der Waals surface area contributed by atoms with Crippen LogP contribution in [0.4, 0.5) is 4.79 Å². The minimum atomic E-state index is -0.241. The van der Waals surface area contributed by atoms with Crippen LogP contribution in [0.1, 0.15) is 19.4 Å². The number of amides is 2. The fourth-order valence-electron chi connectivity index (χ4n) is 2.50. The number of benzene rings is 1. The smallest absolute Gasteiger partial charge is 0.317 e. The van der Waals surface area contributed by atoms with Crippen LogP contribution in [0.25, 0.3) is 10.9 Å². The summed E-state index contributed by atoms with van der Waals surface area (Å²) in [5.74, 6) is 1.12. The third-order valence-corrected chi connectivity index (χ3v) is 3.91. The van der Waals surface area contributed by atoms with Gasteiger partial charge in [0.25, 0.3) is 5.56 Å². The number of nitrogens with zero attached hydrogens (tertiary/aromatic N) is 1. The van der Waals surface area contributed by atoms with Crippen LogP contribution in [-0.4, -0.2) is 43.2 Å². The molecule has 0 unspecified atom stereocenters. The van der Waals surface area contributed by atoms with E-state index in [0.717, 1.165) is 5.39 Å². The Labute approximate surface area is 140 Å². The largest absolute Gasteiger partial charge is 0.493 e. The van der Waals surface area contributed by atoms with Crippen molar-refractivity contribution >= 4 is 16.9 Å². The first-order chi connectivity index (χ1) is 11.5. The van der Waals surface area contributed by atoms with E-state index in [1.165, 1.54) is 0 Å². The maximum Gasteiger partial charge on any atom is 0.317 e. The third kappa shape index (κ3) is 3.61. The molecule has 2 amide bonds. The zero-order valence-electron chi connectivity index (χ0n) is 14.4. The number of urea groups is 1. The molecule has 1 heterocycles. The van der Waals surface area contributed by atoms with E-state index in [0.29, 0.717) is 35.7 Å². The SMILES string of the molecule is CCN(CC)C(=O)NCc1cc2cc(OC)c(OC)cc2[nH]c1=O. The molecular weight excluding hydrogens is 310 g/mol. The topological polar surface area (TPSA) is 83.7 Å². The fraction of sp³-hybridized carbons (Fsp3) is 0.412. The van der Waals surface area contributed by atoms with Crippen molar-refractivity contribution in [2.45, 2.75) is 20.4 Å². The number of aromatic nitrogens is 1. The summed E-state index contributed by atoms with van der Waals surface area (Å²) < 4.78 is 10.5. The number of pyridine rings is 1. The first-order valence-corrected chi connectivity index (χ1v) is 7.84. The molecule has 2 N–H and O–H groups in total. The van der Waals surface area contributed by atoms with Crippen LogP contribution in [0, 0.1) is 0 Å². The number of nitrogens with one attached hydrogen (secondary N) is 2. The second-order valence-corrected chi connectivity index (χ2v) is 5.25. The van der Waals surface area contributed by atoms with Crippen molar-refractivity contribution in [2.75, 3.05) is 27.3 Å². The first-order valence-electron chi connectivity index (χ1n) is 7.84. The van der Waals surface area contributed by atoms with Crippen molar-refractivity contribution in [2.24, 2.45) is 0 Å². The molecule has 0 bridgehead atoms. The Morgan fingerprint density at radius 2 is 1.75 bits per heavy atom. The van der Waals surface area contributed by atoms with Crippen LogP contribution in [0.2, 0.25) is 0 Å². The van der Waals surface area contributed by atoms with Gasteiger partial charge in [0.1, 0.15) is 0 Å². The lowest BCUT2D eigenvalue weighted by Gasteiger charge is -2.19. The average Bonchev–Trinajstić information content (AvgIpc) is 2.59. The Balaban J connectivity index is 2.30. The Morgan fingerprint density at radius 1 is 1.12 bits per heavy atom.